The van der Waals surface area contributed by atoms with Crippen LogP contribution in [0.3, 0.4) is 0 Å². The fraction of sp³-hybridized carbons (Fsp3) is 0.318. The number of nitrogens with one attached hydrogen (secondary N) is 1. The van der Waals surface area contributed by atoms with Crippen molar-refractivity contribution >= 4 is 5.91 Å². The van der Waals surface area contributed by atoms with Gasteiger partial charge in [-0.15, -0.1) is 0 Å². The van der Waals surface area contributed by atoms with Crippen LogP contribution in [0, 0.1) is 11.6 Å². The summed E-state index contributed by atoms with van der Waals surface area (Å²) in [5.41, 5.74) is 0.505. The third-order valence-electron chi connectivity index (χ3n) is 5.28. The van der Waals surface area contributed by atoms with Crippen LogP contribution in [0.4, 0.5) is 8.78 Å². The zero-order valence-electron chi connectivity index (χ0n) is 17.3. The van der Waals surface area contributed by atoms with Crippen LogP contribution in [0.1, 0.15) is 47.9 Å². The van der Waals surface area contributed by atoms with Gasteiger partial charge in [0.05, 0.1) is 36.3 Å². The van der Waals surface area contributed by atoms with Gasteiger partial charge in [-0.3, -0.25) is 9.48 Å². The monoisotopic (exact) mass is 428 g/mol. The van der Waals surface area contributed by atoms with Crippen LogP contribution in [0.2, 0.25) is 0 Å². The molecule has 0 bridgehead atoms. The van der Waals surface area contributed by atoms with Crippen LogP contribution in [0.5, 0.6) is 5.88 Å². The number of fused-ring (bicyclic) bond motifs is 1. The number of carbonyl (C=O) groups excluding carboxylic acids is 1. The number of amides is 1. The maximum atomic E-state index is 14.3. The van der Waals surface area contributed by atoms with Crippen molar-refractivity contribution in [3.8, 4) is 17.1 Å². The molecule has 0 spiro atoms. The molecule has 0 saturated heterocycles. The van der Waals surface area contributed by atoms with Gasteiger partial charge in [0.15, 0.2) is 5.82 Å². The molecule has 1 aliphatic heterocycles. The zero-order chi connectivity index (χ0) is 22.3. The average molecular weight is 428 g/mol. The van der Waals surface area contributed by atoms with Crippen molar-refractivity contribution < 1.29 is 23.4 Å². The number of aliphatic hydroxyl groups is 1. The van der Waals surface area contributed by atoms with Gasteiger partial charge in [-0.1, -0.05) is 0 Å². The number of ether oxygens (including phenoxy) is 1. The first kappa shape index (κ1) is 20.9. The molecule has 3 aromatic rings. The van der Waals surface area contributed by atoms with Gasteiger partial charge in [0, 0.05) is 23.7 Å². The first-order valence-corrected chi connectivity index (χ1v) is 9.77. The van der Waals surface area contributed by atoms with E-state index in [4.69, 9.17) is 4.74 Å². The predicted octanol–water partition coefficient (Wildman–Crippen LogP) is 3.33. The summed E-state index contributed by atoms with van der Waals surface area (Å²) in [5.74, 6) is -1.34. The molecular formula is C22H22F2N4O3. The topological polar surface area (TPSA) is 89.3 Å². The van der Waals surface area contributed by atoms with E-state index in [1.165, 1.54) is 39.2 Å². The Morgan fingerprint density at radius 3 is 2.74 bits per heavy atom. The maximum Gasteiger partial charge on any atom is 0.251 e. The lowest BCUT2D eigenvalue weighted by Gasteiger charge is -2.19. The number of aromatic nitrogens is 3. The number of methoxy groups -OCH3 is 1. The van der Waals surface area contributed by atoms with Crippen molar-refractivity contribution in [3.05, 3.63) is 65.0 Å². The Hall–Kier alpha value is -3.33. The molecule has 2 N–H and O–H groups in total. The van der Waals surface area contributed by atoms with Crippen molar-refractivity contribution in [3.63, 3.8) is 0 Å². The Labute approximate surface area is 177 Å². The lowest BCUT2D eigenvalue weighted by Crippen LogP contribution is -2.28. The van der Waals surface area contributed by atoms with Crippen LogP contribution < -0.4 is 10.1 Å². The molecule has 0 radical (unpaired) electrons. The standard InChI is InChI=1S/C22H22F2N4O3/c1-22(2,30)13-6-12(7-14(23)8-13)21(29)26-17-4-5-28-19(17)10-18(27-28)15-9-20(31-3)25-11-16(15)24/h6-11,17,30H,4-5H2,1-3H3,(H,26,29)/t17-/m0/s1. The molecule has 1 atom stereocenters. The van der Waals surface area contributed by atoms with Crippen LogP contribution >= 0.6 is 0 Å². The molecule has 0 saturated carbocycles. The van der Waals surface area contributed by atoms with Crippen LogP contribution in [-0.4, -0.2) is 32.9 Å². The number of nitrogens with zero attached hydrogens (tertiary/aromatic N) is 3. The number of pyridine rings is 1. The summed E-state index contributed by atoms with van der Waals surface area (Å²) in [5, 5.41) is 17.5. The molecule has 1 aromatic carbocycles. The average Bonchev–Trinajstić information content (AvgIpc) is 3.29. The second-order valence-electron chi connectivity index (χ2n) is 7.99. The van der Waals surface area contributed by atoms with E-state index in [0.29, 0.717) is 24.2 Å². The van der Waals surface area contributed by atoms with E-state index in [-0.39, 0.29) is 23.0 Å². The quantitative estimate of drug-likeness (QED) is 0.651. The summed E-state index contributed by atoms with van der Waals surface area (Å²) < 4.78 is 35.0. The SMILES string of the molecule is COc1cc(-c2cc3n(n2)CC[C@@H]3NC(=O)c2cc(F)cc(C(C)(C)O)c2)c(F)cn1. The molecule has 1 aliphatic rings. The van der Waals surface area contributed by atoms with Crippen LogP contribution in [-0.2, 0) is 12.1 Å². The lowest BCUT2D eigenvalue weighted by atomic mass is 9.96. The Kier molecular flexibility index (Phi) is 5.22. The summed E-state index contributed by atoms with van der Waals surface area (Å²) >= 11 is 0. The van der Waals surface area contributed by atoms with Crippen molar-refractivity contribution in [1.82, 2.24) is 20.1 Å². The second kappa shape index (κ2) is 7.73. The number of benzene rings is 1. The minimum atomic E-state index is -1.28. The maximum absolute atomic E-state index is 14.3. The fourth-order valence-corrected chi connectivity index (χ4v) is 3.61. The van der Waals surface area contributed by atoms with Crippen molar-refractivity contribution in [2.75, 3.05) is 7.11 Å². The highest BCUT2D eigenvalue weighted by atomic mass is 19.1. The van der Waals surface area contributed by atoms with Gasteiger partial charge in [0.25, 0.3) is 5.91 Å². The molecule has 162 valence electrons. The number of halogens is 2. The van der Waals surface area contributed by atoms with Gasteiger partial charge in [-0.05, 0) is 50.1 Å². The molecule has 7 nitrogen and oxygen atoms in total. The Bertz CT molecular complexity index is 1150. The number of hydrogen-bond donors (Lipinski definition) is 2. The normalized spacial score (nSPS) is 15.6. The van der Waals surface area contributed by atoms with E-state index in [9.17, 15) is 18.7 Å². The van der Waals surface area contributed by atoms with Gasteiger partial charge in [0.1, 0.15) is 5.82 Å². The predicted molar refractivity (Wildman–Crippen MR) is 108 cm³/mol. The van der Waals surface area contributed by atoms with E-state index in [1.54, 1.807) is 10.7 Å². The third kappa shape index (κ3) is 4.13. The summed E-state index contributed by atoms with van der Waals surface area (Å²) in [4.78, 5) is 16.6. The van der Waals surface area contributed by atoms with E-state index >= 15 is 0 Å². The lowest BCUT2D eigenvalue weighted by molar-refractivity contribution is 0.0780. The van der Waals surface area contributed by atoms with E-state index in [0.717, 1.165) is 18.0 Å². The smallest absolute Gasteiger partial charge is 0.251 e. The molecule has 2 aromatic heterocycles. The van der Waals surface area contributed by atoms with Crippen molar-refractivity contribution in [2.24, 2.45) is 0 Å². The first-order valence-electron chi connectivity index (χ1n) is 9.77. The van der Waals surface area contributed by atoms with Crippen LogP contribution in [0.15, 0.2) is 36.5 Å². The third-order valence-corrected chi connectivity index (χ3v) is 5.28. The largest absolute Gasteiger partial charge is 0.481 e. The van der Waals surface area contributed by atoms with Gasteiger partial charge < -0.3 is 15.2 Å². The molecule has 3 heterocycles. The van der Waals surface area contributed by atoms with Gasteiger partial charge in [0.2, 0.25) is 5.88 Å². The summed E-state index contributed by atoms with van der Waals surface area (Å²) in [6.07, 6.45) is 1.67. The summed E-state index contributed by atoms with van der Waals surface area (Å²) in [6, 6.07) is 6.60. The molecule has 1 amide bonds. The second-order valence-corrected chi connectivity index (χ2v) is 7.99. The summed E-state index contributed by atoms with van der Waals surface area (Å²) in [6.45, 7) is 3.59. The molecular weight excluding hydrogens is 406 g/mol. The Balaban J connectivity index is 1.59. The minimum Gasteiger partial charge on any atom is -0.481 e. The number of rotatable bonds is 5. The molecule has 4 rings (SSSR count). The van der Waals surface area contributed by atoms with E-state index in [2.05, 4.69) is 15.4 Å². The molecule has 31 heavy (non-hydrogen) atoms. The number of hydrogen-bond acceptors (Lipinski definition) is 5. The number of aryl methyl sites for hydroxylation is 1. The first-order chi connectivity index (χ1) is 14.7. The molecule has 0 fully saturated rings. The Morgan fingerprint density at radius 1 is 1.26 bits per heavy atom. The highest BCUT2D eigenvalue weighted by Gasteiger charge is 2.28. The Morgan fingerprint density at radius 2 is 2.03 bits per heavy atom. The fourth-order valence-electron chi connectivity index (χ4n) is 3.61. The van der Waals surface area contributed by atoms with Gasteiger partial charge in [-0.25, -0.2) is 13.8 Å². The van der Waals surface area contributed by atoms with Gasteiger partial charge >= 0.3 is 0 Å². The van der Waals surface area contributed by atoms with Crippen molar-refractivity contribution in [2.45, 2.75) is 38.5 Å². The van der Waals surface area contributed by atoms with Crippen molar-refractivity contribution in [1.29, 1.82) is 0 Å². The molecule has 9 heteroatoms. The summed E-state index contributed by atoms with van der Waals surface area (Å²) in [7, 11) is 1.44. The van der Waals surface area contributed by atoms with E-state index in [1.807, 2.05) is 0 Å². The zero-order valence-corrected chi connectivity index (χ0v) is 17.3. The van der Waals surface area contributed by atoms with E-state index < -0.39 is 23.1 Å². The van der Waals surface area contributed by atoms with Crippen LogP contribution in [0.25, 0.3) is 11.3 Å². The minimum absolute atomic E-state index is 0.111. The molecule has 0 aliphatic carbocycles. The molecule has 0 unspecified atom stereocenters. The highest BCUT2D eigenvalue weighted by molar-refractivity contribution is 5.94. The van der Waals surface area contributed by atoms with Gasteiger partial charge in [-0.2, -0.15) is 5.10 Å². The highest BCUT2D eigenvalue weighted by Crippen LogP contribution is 2.32. The number of carbonyl (C=O) groups is 1.